The highest BCUT2D eigenvalue weighted by Gasteiger charge is 2.09. The largest absolute Gasteiger partial charge is 0.370 e. The monoisotopic (exact) mass is 198 g/mol. The Hall–Kier alpha value is -0.260. The predicted molar refractivity (Wildman–Crippen MR) is 43.9 cm³/mol. The Bertz CT molecular complexity index is 106. The smallest absolute Gasteiger partial charge is 0.261 e. The Morgan fingerprint density at radius 2 is 1.54 bits per heavy atom. The van der Waals surface area contributed by atoms with Crippen LogP contribution in [0.15, 0.2) is 0 Å². The molecule has 80 valence electrons. The third-order valence-corrected chi connectivity index (χ3v) is 1.20. The summed E-state index contributed by atoms with van der Waals surface area (Å²) in [7, 11) is 0. The molecule has 0 aromatic carbocycles. The van der Waals surface area contributed by atoms with Gasteiger partial charge < -0.3 is 14.2 Å². The third-order valence-electron chi connectivity index (χ3n) is 1.20. The molecule has 0 aromatic heterocycles. The fraction of sp³-hybridized carbons (Fsp3) is 1.00. The zero-order chi connectivity index (χ0) is 10.1. The highest BCUT2D eigenvalue weighted by molar-refractivity contribution is 4.42. The molecule has 0 fully saturated rings. The average Bonchev–Trinajstić information content (AvgIpc) is 2.04. The lowest BCUT2D eigenvalue weighted by atomic mass is 10.6. The van der Waals surface area contributed by atoms with E-state index in [1.165, 1.54) is 0 Å². The van der Waals surface area contributed by atoms with Gasteiger partial charge in [-0.3, -0.25) is 0 Å². The quantitative estimate of drug-likeness (QED) is 0.555. The molecule has 0 radical (unpaired) electrons. The van der Waals surface area contributed by atoms with Crippen LogP contribution in [0.25, 0.3) is 0 Å². The van der Waals surface area contributed by atoms with Crippen molar-refractivity contribution in [3.05, 3.63) is 0 Å². The minimum atomic E-state index is -2.44. The molecule has 3 nitrogen and oxygen atoms in total. The minimum Gasteiger partial charge on any atom is -0.370 e. The van der Waals surface area contributed by atoms with E-state index in [2.05, 4.69) is 4.74 Å². The first-order chi connectivity index (χ1) is 6.20. The van der Waals surface area contributed by atoms with Crippen molar-refractivity contribution in [2.75, 3.05) is 26.4 Å². The normalized spacial score (nSPS) is 11.5. The molecule has 0 unspecified atom stereocenters. The van der Waals surface area contributed by atoms with E-state index >= 15 is 0 Å². The van der Waals surface area contributed by atoms with E-state index < -0.39 is 19.3 Å². The lowest BCUT2D eigenvalue weighted by molar-refractivity contribution is -0.172. The highest BCUT2D eigenvalue weighted by Crippen LogP contribution is 1.98. The maximum Gasteiger partial charge on any atom is 0.261 e. The summed E-state index contributed by atoms with van der Waals surface area (Å²) in [4.78, 5) is 0. The van der Waals surface area contributed by atoms with E-state index in [0.29, 0.717) is 13.2 Å². The minimum absolute atomic E-state index is 0.0476. The van der Waals surface area contributed by atoms with Crippen LogP contribution in [-0.4, -0.2) is 39.1 Å². The van der Waals surface area contributed by atoms with E-state index in [0.717, 1.165) is 0 Å². The van der Waals surface area contributed by atoms with Crippen LogP contribution in [0.5, 0.6) is 0 Å². The molecular weight excluding hydrogens is 182 g/mol. The van der Waals surface area contributed by atoms with Gasteiger partial charge >= 0.3 is 0 Å². The van der Waals surface area contributed by atoms with Crippen molar-refractivity contribution in [1.29, 1.82) is 0 Å². The summed E-state index contributed by atoms with van der Waals surface area (Å²) in [6, 6.07) is 0. The molecule has 0 atom stereocenters. The molecule has 0 aliphatic heterocycles. The van der Waals surface area contributed by atoms with Gasteiger partial charge in [-0.05, 0) is 13.8 Å². The molecule has 0 rings (SSSR count). The predicted octanol–water partition coefficient (Wildman–Crippen LogP) is 1.67. The van der Waals surface area contributed by atoms with Crippen molar-refractivity contribution in [1.82, 2.24) is 0 Å². The van der Waals surface area contributed by atoms with Gasteiger partial charge in [-0.2, -0.15) is 0 Å². The van der Waals surface area contributed by atoms with Crippen LogP contribution >= 0.6 is 0 Å². The number of hydrogen-bond acceptors (Lipinski definition) is 3. The summed E-state index contributed by atoms with van der Waals surface area (Å²) in [5.74, 6) is 0. The van der Waals surface area contributed by atoms with Crippen LogP contribution in [0, 0.1) is 0 Å². The molecule has 0 aliphatic rings. The third kappa shape index (κ3) is 8.08. The zero-order valence-electron chi connectivity index (χ0n) is 7.96. The summed E-state index contributed by atoms with van der Waals surface area (Å²) in [5, 5.41) is 0. The Labute approximate surface area is 77.0 Å². The van der Waals surface area contributed by atoms with Crippen LogP contribution in [0.1, 0.15) is 13.8 Å². The van der Waals surface area contributed by atoms with Crippen LogP contribution in [-0.2, 0) is 14.2 Å². The van der Waals surface area contributed by atoms with Crippen LogP contribution in [0.3, 0.4) is 0 Å². The fourth-order valence-corrected chi connectivity index (χ4v) is 0.769. The van der Waals surface area contributed by atoms with Gasteiger partial charge in [0, 0.05) is 13.2 Å². The molecule has 0 bridgehead atoms. The topological polar surface area (TPSA) is 27.7 Å². The molecule has 0 saturated carbocycles. The maximum absolute atomic E-state index is 11.7. The second-order valence-electron chi connectivity index (χ2n) is 2.27. The van der Waals surface area contributed by atoms with Crippen LogP contribution in [0.2, 0.25) is 0 Å². The summed E-state index contributed by atoms with van der Waals surface area (Å²) in [6.07, 6.45) is -2.97. The molecule has 0 spiro atoms. The van der Waals surface area contributed by atoms with Crippen molar-refractivity contribution in [3.8, 4) is 0 Å². The Kier molecular flexibility index (Phi) is 8.18. The van der Waals surface area contributed by atoms with E-state index in [4.69, 9.17) is 9.47 Å². The van der Waals surface area contributed by atoms with E-state index in [1.54, 1.807) is 13.8 Å². The zero-order valence-corrected chi connectivity index (χ0v) is 7.96. The van der Waals surface area contributed by atoms with Crippen molar-refractivity contribution < 1.29 is 23.0 Å². The summed E-state index contributed by atoms with van der Waals surface area (Å²) in [5.41, 5.74) is 0. The summed E-state index contributed by atoms with van der Waals surface area (Å²) in [6.45, 7) is 4.03. The first-order valence-electron chi connectivity index (χ1n) is 4.29. The van der Waals surface area contributed by atoms with E-state index in [1.807, 2.05) is 0 Å². The van der Waals surface area contributed by atoms with Gasteiger partial charge in [0.05, 0.1) is 6.61 Å². The second-order valence-corrected chi connectivity index (χ2v) is 2.27. The van der Waals surface area contributed by atoms with Gasteiger partial charge in [0.2, 0.25) is 0 Å². The molecule has 5 heteroatoms. The Balaban J connectivity index is 3.44. The lowest BCUT2D eigenvalue weighted by Crippen LogP contribution is -2.24. The van der Waals surface area contributed by atoms with Crippen molar-refractivity contribution in [3.63, 3.8) is 0 Å². The highest BCUT2D eigenvalue weighted by atomic mass is 19.3. The van der Waals surface area contributed by atoms with Crippen LogP contribution < -0.4 is 0 Å². The van der Waals surface area contributed by atoms with Gasteiger partial charge in [-0.15, -0.1) is 0 Å². The molecular formula is C8H16F2O3. The maximum atomic E-state index is 11.7. The van der Waals surface area contributed by atoms with Gasteiger partial charge in [0.15, 0.2) is 6.29 Å². The van der Waals surface area contributed by atoms with Gasteiger partial charge in [-0.1, -0.05) is 0 Å². The average molecular weight is 198 g/mol. The van der Waals surface area contributed by atoms with Crippen molar-refractivity contribution in [2.24, 2.45) is 0 Å². The number of rotatable bonds is 8. The fourth-order valence-electron chi connectivity index (χ4n) is 0.769. The van der Waals surface area contributed by atoms with Crippen molar-refractivity contribution in [2.45, 2.75) is 26.6 Å². The summed E-state index contributed by atoms with van der Waals surface area (Å²) < 4.78 is 38.1. The first kappa shape index (κ1) is 12.7. The standard InChI is InChI=1S/C8H16F2O3/c1-3-12-8(13-4-2)6-11-5-7(9)10/h7-8H,3-6H2,1-2H3. The second kappa shape index (κ2) is 8.34. The summed E-state index contributed by atoms with van der Waals surface area (Å²) >= 11 is 0. The van der Waals surface area contributed by atoms with Gasteiger partial charge in [-0.25, -0.2) is 8.78 Å². The molecule has 0 saturated heterocycles. The van der Waals surface area contributed by atoms with E-state index in [-0.39, 0.29) is 6.61 Å². The Morgan fingerprint density at radius 3 is 1.92 bits per heavy atom. The van der Waals surface area contributed by atoms with Crippen molar-refractivity contribution >= 4 is 0 Å². The Morgan fingerprint density at radius 1 is 1.00 bits per heavy atom. The molecule has 0 amide bonds. The van der Waals surface area contributed by atoms with E-state index in [9.17, 15) is 8.78 Å². The molecule has 0 N–H and O–H groups in total. The molecule has 0 aliphatic carbocycles. The number of halogens is 2. The lowest BCUT2D eigenvalue weighted by Gasteiger charge is -2.16. The SMILES string of the molecule is CCOC(COCC(F)F)OCC. The molecule has 13 heavy (non-hydrogen) atoms. The number of hydrogen-bond donors (Lipinski definition) is 0. The van der Waals surface area contributed by atoms with Crippen LogP contribution in [0.4, 0.5) is 8.78 Å². The molecule has 0 aromatic rings. The first-order valence-corrected chi connectivity index (χ1v) is 4.29. The molecule has 0 heterocycles. The number of alkyl halides is 2. The number of ether oxygens (including phenoxy) is 3. The van der Waals surface area contributed by atoms with Gasteiger partial charge in [0.25, 0.3) is 6.43 Å². The van der Waals surface area contributed by atoms with Gasteiger partial charge in [0.1, 0.15) is 6.61 Å².